The molecule has 1 atom stereocenters. The van der Waals surface area contributed by atoms with Crippen LogP contribution in [0.5, 0.6) is 5.75 Å². The average Bonchev–Trinajstić information content (AvgIpc) is 2.91. The molecule has 1 aromatic carbocycles. The van der Waals surface area contributed by atoms with E-state index >= 15 is 0 Å². The lowest BCUT2D eigenvalue weighted by Gasteiger charge is -2.18. The molecule has 0 saturated carbocycles. The lowest BCUT2D eigenvalue weighted by molar-refractivity contribution is 0.318. The number of hydrogen-bond donors (Lipinski definition) is 1. The minimum absolute atomic E-state index is 0.285. The van der Waals surface area contributed by atoms with E-state index in [0.29, 0.717) is 0 Å². The Morgan fingerprint density at radius 2 is 2.15 bits per heavy atom. The van der Waals surface area contributed by atoms with Crippen molar-refractivity contribution < 1.29 is 9.15 Å². The van der Waals surface area contributed by atoms with E-state index in [1.807, 2.05) is 12.1 Å². The van der Waals surface area contributed by atoms with E-state index in [9.17, 15) is 0 Å². The highest BCUT2D eigenvalue weighted by Crippen LogP contribution is 2.27. The maximum atomic E-state index is 5.82. The van der Waals surface area contributed by atoms with Crippen molar-refractivity contribution in [1.82, 2.24) is 0 Å². The molecule has 2 aromatic rings. The quantitative estimate of drug-likeness (QED) is 0.811. The summed E-state index contributed by atoms with van der Waals surface area (Å²) < 4.78 is 11.2. The van der Waals surface area contributed by atoms with Crippen LogP contribution in [0.3, 0.4) is 0 Å². The molecule has 3 nitrogen and oxygen atoms in total. The fourth-order valence-corrected chi connectivity index (χ4v) is 2.13. The van der Waals surface area contributed by atoms with Gasteiger partial charge in [-0.3, -0.25) is 0 Å². The maximum absolute atomic E-state index is 5.82. The van der Waals surface area contributed by atoms with Crippen molar-refractivity contribution >= 4 is 5.69 Å². The van der Waals surface area contributed by atoms with E-state index in [1.54, 1.807) is 6.26 Å². The summed E-state index contributed by atoms with van der Waals surface area (Å²) in [6.45, 7) is 7.08. The summed E-state index contributed by atoms with van der Waals surface area (Å²) in [4.78, 5) is 0. The minimum Gasteiger partial charge on any atom is -0.491 e. The van der Waals surface area contributed by atoms with Gasteiger partial charge in [0.15, 0.2) is 0 Å². The molecule has 3 heteroatoms. The largest absolute Gasteiger partial charge is 0.491 e. The molecule has 1 unspecified atom stereocenters. The Morgan fingerprint density at radius 3 is 2.85 bits per heavy atom. The van der Waals surface area contributed by atoms with Crippen LogP contribution in [0.25, 0.3) is 0 Å². The third-order valence-electron chi connectivity index (χ3n) is 3.09. The second-order valence-corrected chi connectivity index (χ2v) is 5.18. The molecule has 0 aliphatic carbocycles. The zero-order chi connectivity index (χ0) is 14.4. The summed E-state index contributed by atoms with van der Waals surface area (Å²) in [5, 5.41) is 3.50. The zero-order valence-corrected chi connectivity index (χ0v) is 12.5. The molecule has 0 radical (unpaired) electrons. The number of anilines is 1. The van der Waals surface area contributed by atoms with Crippen molar-refractivity contribution in [3.8, 4) is 5.75 Å². The fraction of sp³-hybridized carbons (Fsp3) is 0.412. The molecule has 2 rings (SSSR count). The topological polar surface area (TPSA) is 34.4 Å². The highest BCUT2D eigenvalue weighted by molar-refractivity contribution is 5.58. The van der Waals surface area contributed by atoms with Crippen molar-refractivity contribution in [2.75, 3.05) is 11.9 Å². The Balaban J connectivity index is 2.03. The third kappa shape index (κ3) is 4.05. The van der Waals surface area contributed by atoms with E-state index in [1.165, 1.54) is 5.56 Å². The predicted octanol–water partition coefficient (Wildman–Crippen LogP) is 4.42. The van der Waals surface area contributed by atoms with Crippen molar-refractivity contribution in [2.45, 2.75) is 39.7 Å². The van der Waals surface area contributed by atoms with Crippen LogP contribution in [0.2, 0.25) is 0 Å². The van der Waals surface area contributed by atoms with E-state index in [4.69, 9.17) is 9.15 Å². The first kappa shape index (κ1) is 14.5. The average molecular weight is 273 g/mol. The number of aryl methyl sites for hydroxylation is 1. The molecular formula is C17H23NO2. The van der Waals surface area contributed by atoms with Crippen molar-refractivity contribution in [1.29, 1.82) is 0 Å². The first-order chi connectivity index (χ1) is 9.69. The van der Waals surface area contributed by atoms with Crippen LogP contribution < -0.4 is 10.1 Å². The SMILES string of the molecule is CCCOc1cc(C)ccc1NC(C)Cc1ccco1. The monoisotopic (exact) mass is 273 g/mol. The van der Waals surface area contributed by atoms with Gasteiger partial charge in [-0.1, -0.05) is 13.0 Å². The van der Waals surface area contributed by atoms with E-state index in [2.05, 4.69) is 44.3 Å². The van der Waals surface area contributed by atoms with Gasteiger partial charge >= 0.3 is 0 Å². The minimum atomic E-state index is 0.285. The second-order valence-electron chi connectivity index (χ2n) is 5.18. The molecule has 0 saturated heterocycles. The van der Waals surface area contributed by atoms with Crippen LogP contribution in [-0.4, -0.2) is 12.6 Å². The molecule has 0 aliphatic rings. The summed E-state index contributed by atoms with van der Waals surface area (Å²) >= 11 is 0. The van der Waals surface area contributed by atoms with Gasteiger partial charge in [-0.2, -0.15) is 0 Å². The molecule has 1 heterocycles. The van der Waals surface area contributed by atoms with Crippen molar-refractivity contribution in [3.05, 3.63) is 47.9 Å². The molecule has 0 aliphatic heterocycles. The molecule has 0 bridgehead atoms. The molecule has 1 N–H and O–H groups in total. The van der Waals surface area contributed by atoms with Crippen LogP contribution in [0, 0.1) is 6.92 Å². The van der Waals surface area contributed by atoms with Crippen LogP contribution in [0.4, 0.5) is 5.69 Å². The molecule has 0 spiro atoms. The lowest BCUT2D eigenvalue weighted by atomic mass is 10.1. The highest BCUT2D eigenvalue weighted by Gasteiger charge is 2.09. The van der Waals surface area contributed by atoms with E-state index in [0.717, 1.165) is 36.6 Å². The number of furan rings is 1. The van der Waals surface area contributed by atoms with Crippen LogP contribution in [-0.2, 0) is 6.42 Å². The van der Waals surface area contributed by atoms with Gasteiger partial charge in [-0.05, 0) is 50.1 Å². The Hall–Kier alpha value is -1.90. The maximum Gasteiger partial charge on any atom is 0.142 e. The summed E-state index contributed by atoms with van der Waals surface area (Å²) in [7, 11) is 0. The second kappa shape index (κ2) is 7.04. The smallest absolute Gasteiger partial charge is 0.142 e. The van der Waals surface area contributed by atoms with Gasteiger partial charge in [0.2, 0.25) is 0 Å². The molecular weight excluding hydrogens is 250 g/mol. The fourth-order valence-electron chi connectivity index (χ4n) is 2.13. The summed E-state index contributed by atoms with van der Waals surface area (Å²) in [6, 6.07) is 10.5. The molecule has 0 fully saturated rings. The molecule has 108 valence electrons. The zero-order valence-electron chi connectivity index (χ0n) is 12.5. The number of hydrogen-bond acceptors (Lipinski definition) is 3. The van der Waals surface area contributed by atoms with Crippen molar-refractivity contribution in [3.63, 3.8) is 0 Å². The Bertz CT molecular complexity index is 520. The van der Waals surface area contributed by atoms with Crippen molar-refractivity contribution in [2.24, 2.45) is 0 Å². The summed E-state index contributed by atoms with van der Waals surface area (Å²) in [5.74, 6) is 1.92. The number of nitrogens with one attached hydrogen (secondary N) is 1. The predicted molar refractivity (Wildman–Crippen MR) is 82.5 cm³/mol. The highest BCUT2D eigenvalue weighted by atomic mass is 16.5. The van der Waals surface area contributed by atoms with Gasteiger partial charge in [0.25, 0.3) is 0 Å². The van der Waals surface area contributed by atoms with Gasteiger partial charge < -0.3 is 14.5 Å². The first-order valence-corrected chi connectivity index (χ1v) is 7.21. The van der Waals surface area contributed by atoms with E-state index in [-0.39, 0.29) is 6.04 Å². The van der Waals surface area contributed by atoms with Crippen LogP contribution in [0.1, 0.15) is 31.6 Å². The van der Waals surface area contributed by atoms with Gasteiger partial charge in [0.05, 0.1) is 18.6 Å². The lowest BCUT2D eigenvalue weighted by Crippen LogP contribution is -2.18. The molecule has 20 heavy (non-hydrogen) atoms. The Labute approximate surface area is 121 Å². The van der Waals surface area contributed by atoms with E-state index < -0.39 is 0 Å². The normalized spacial score (nSPS) is 12.2. The first-order valence-electron chi connectivity index (χ1n) is 7.21. The van der Waals surface area contributed by atoms with Crippen LogP contribution in [0.15, 0.2) is 41.0 Å². The third-order valence-corrected chi connectivity index (χ3v) is 3.09. The summed E-state index contributed by atoms with van der Waals surface area (Å²) in [6.07, 6.45) is 3.58. The van der Waals surface area contributed by atoms with Gasteiger partial charge in [0.1, 0.15) is 11.5 Å². The number of rotatable bonds is 7. The molecule has 0 amide bonds. The van der Waals surface area contributed by atoms with Gasteiger partial charge in [0, 0.05) is 12.5 Å². The Kier molecular flexibility index (Phi) is 5.10. The standard InChI is InChI=1S/C17H23NO2/c1-4-9-20-17-11-13(2)7-8-16(17)18-14(3)12-15-6-5-10-19-15/h5-8,10-11,14,18H,4,9,12H2,1-3H3. The number of benzene rings is 1. The van der Waals surface area contributed by atoms with Gasteiger partial charge in [-0.15, -0.1) is 0 Å². The number of ether oxygens (including phenoxy) is 1. The Morgan fingerprint density at radius 1 is 1.30 bits per heavy atom. The van der Waals surface area contributed by atoms with Crippen LogP contribution >= 0.6 is 0 Å². The summed E-state index contributed by atoms with van der Waals surface area (Å²) in [5.41, 5.74) is 2.25. The van der Waals surface area contributed by atoms with Gasteiger partial charge in [-0.25, -0.2) is 0 Å². The molecule has 1 aromatic heterocycles.